The van der Waals surface area contributed by atoms with Gasteiger partial charge in [-0.25, -0.2) is 0 Å². The molecule has 0 spiro atoms. The molecule has 1 heteroatoms. The molecule has 0 nitrogen and oxygen atoms in total. The summed E-state index contributed by atoms with van der Waals surface area (Å²) in [5, 5.41) is 0. The van der Waals surface area contributed by atoms with E-state index in [1.54, 1.807) is 6.92 Å². The molecular formula is C8H18Ti. The first-order chi connectivity index (χ1) is 3.91. The number of hydrogen-bond donors (Lipinski definition) is 0. The molecule has 0 aliphatic rings. The molecule has 0 aromatic carbocycles. The van der Waals surface area contributed by atoms with Crippen LogP contribution in [0.2, 0.25) is 0 Å². The Hall–Kier alpha value is 0.714. The summed E-state index contributed by atoms with van der Waals surface area (Å²) in [4.78, 5) is 0. The molecule has 0 amide bonds. The quantitative estimate of drug-likeness (QED) is 0.339. The minimum Gasteiger partial charge on any atom is -0.346 e. The summed E-state index contributed by atoms with van der Waals surface area (Å²) in [6.45, 7) is 10.9. The van der Waals surface area contributed by atoms with Gasteiger partial charge < -0.3 is 13.8 Å². The standard InChI is InChI=1S/C6H13.C2H5.Ti/c1-3-5-6-4-2;1-2;/h1,3-6H2,2H3;1H2,2H3;/q2*-1;+2. The van der Waals surface area contributed by atoms with Crippen LogP contribution in [-0.4, -0.2) is 0 Å². The van der Waals surface area contributed by atoms with E-state index in [0.29, 0.717) is 0 Å². The maximum absolute atomic E-state index is 3.72. The molecule has 0 atom stereocenters. The van der Waals surface area contributed by atoms with E-state index in [1.165, 1.54) is 19.3 Å². The van der Waals surface area contributed by atoms with Crippen LogP contribution in [0.3, 0.4) is 0 Å². The summed E-state index contributed by atoms with van der Waals surface area (Å²) in [7, 11) is 0. The van der Waals surface area contributed by atoms with Crippen molar-refractivity contribution in [2.45, 2.75) is 39.5 Å². The monoisotopic (exact) mass is 162 g/mol. The van der Waals surface area contributed by atoms with E-state index in [9.17, 15) is 0 Å². The van der Waals surface area contributed by atoms with Gasteiger partial charge >= 0.3 is 21.7 Å². The van der Waals surface area contributed by atoms with Crippen molar-refractivity contribution >= 4 is 0 Å². The summed E-state index contributed by atoms with van der Waals surface area (Å²) in [6.07, 6.45) is 5.07. The third kappa shape index (κ3) is 28.5. The van der Waals surface area contributed by atoms with Gasteiger partial charge in [0.2, 0.25) is 0 Å². The number of hydrogen-bond acceptors (Lipinski definition) is 0. The zero-order chi connectivity index (χ0) is 6.83. The van der Waals surface area contributed by atoms with Crippen molar-refractivity contribution in [1.82, 2.24) is 0 Å². The van der Waals surface area contributed by atoms with Crippen molar-refractivity contribution in [2.75, 3.05) is 0 Å². The van der Waals surface area contributed by atoms with Crippen molar-refractivity contribution in [1.29, 1.82) is 0 Å². The fraction of sp³-hybridized carbons (Fsp3) is 0.750. The van der Waals surface area contributed by atoms with Gasteiger partial charge in [0.05, 0.1) is 0 Å². The van der Waals surface area contributed by atoms with Gasteiger partial charge in [-0.2, -0.15) is 13.3 Å². The predicted octanol–water partition coefficient (Wildman–Crippen LogP) is 3.24. The maximum atomic E-state index is 3.72. The molecule has 0 saturated carbocycles. The van der Waals surface area contributed by atoms with E-state index in [2.05, 4.69) is 20.8 Å². The fourth-order valence-electron chi connectivity index (χ4n) is 0.427. The first-order valence-corrected chi connectivity index (χ1v) is 3.41. The van der Waals surface area contributed by atoms with E-state index >= 15 is 0 Å². The summed E-state index contributed by atoms with van der Waals surface area (Å²) >= 11 is 0. The Kier molecular flexibility index (Phi) is 42.4. The zero-order valence-electron chi connectivity index (χ0n) is 6.74. The van der Waals surface area contributed by atoms with E-state index in [1.807, 2.05) is 0 Å². The maximum Gasteiger partial charge on any atom is 2.00 e. The first-order valence-electron chi connectivity index (χ1n) is 3.41. The van der Waals surface area contributed by atoms with Crippen molar-refractivity contribution in [3.63, 3.8) is 0 Å². The number of unbranched alkanes of at least 4 members (excludes halogenated alkanes) is 3. The van der Waals surface area contributed by atoms with Crippen LogP contribution in [0.5, 0.6) is 0 Å². The topological polar surface area (TPSA) is 0 Å². The van der Waals surface area contributed by atoms with Crippen LogP contribution in [0.4, 0.5) is 0 Å². The third-order valence-electron chi connectivity index (χ3n) is 0.854. The molecule has 0 aromatic rings. The second kappa shape index (κ2) is 23.3. The molecule has 0 N–H and O–H groups in total. The Morgan fingerprint density at radius 1 is 1.11 bits per heavy atom. The molecule has 0 radical (unpaired) electrons. The molecule has 0 aliphatic carbocycles. The van der Waals surface area contributed by atoms with Gasteiger partial charge in [-0.1, -0.05) is 26.2 Å². The van der Waals surface area contributed by atoms with Crippen LogP contribution < -0.4 is 0 Å². The van der Waals surface area contributed by atoms with Crippen LogP contribution in [0.15, 0.2) is 0 Å². The smallest absolute Gasteiger partial charge is 0.346 e. The average molecular weight is 162 g/mol. The van der Waals surface area contributed by atoms with Gasteiger partial charge in [0, 0.05) is 0 Å². The fourth-order valence-corrected chi connectivity index (χ4v) is 0.427. The van der Waals surface area contributed by atoms with Gasteiger partial charge in [-0.05, 0) is 0 Å². The van der Waals surface area contributed by atoms with Crippen molar-refractivity contribution in [3.05, 3.63) is 13.8 Å². The molecule has 0 rings (SSSR count). The van der Waals surface area contributed by atoms with Crippen LogP contribution in [0.1, 0.15) is 39.5 Å². The molecule has 0 unspecified atom stereocenters. The van der Waals surface area contributed by atoms with Gasteiger partial charge in [0.15, 0.2) is 0 Å². The molecular weight excluding hydrogens is 144 g/mol. The zero-order valence-corrected chi connectivity index (χ0v) is 8.30. The van der Waals surface area contributed by atoms with Crippen LogP contribution in [-0.2, 0) is 21.7 Å². The van der Waals surface area contributed by atoms with Crippen molar-refractivity contribution < 1.29 is 21.7 Å². The van der Waals surface area contributed by atoms with Crippen LogP contribution in [0, 0.1) is 13.8 Å². The molecule has 0 heterocycles. The molecule has 0 bridgehead atoms. The van der Waals surface area contributed by atoms with Crippen LogP contribution >= 0.6 is 0 Å². The Morgan fingerprint density at radius 3 is 1.67 bits per heavy atom. The van der Waals surface area contributed by atoms with Gasteiger partial charge in [0.25, 0.3) is 0 Å². The molecule has 0 aliphatic heterocycles. The van der Waals surface area contributed by atoms with E-state index in [0.717, 1.165) is 6.42 Å². The molecule has 0 saturated heterocycles. The number of rotatable bonds is 3. The molecule has 0 aromatic heterocycles. The Labute approximate surface area is 75.3 Å². The van der Waals surface area contributed by atoms with Crippen LogP contribution in [0.25, 0.3) is 0 Å². The normalized spacial score (nSPS) is 6.67. The summed E-state index contributed by atoms with van der Waals surface area (Å²) in [6, 6.07) is 0. The van der Waals surface area contributed by atoms with Gasteiger partial charge in [-0.3, -0.25) is 0 Å². The largest absolute Gasteiger partial charge is 2.00 e. The molecule has 9 heavy (non-hydrogen) atoms. The third-order valence-corrected chi connectivity index (χ3v) is 0.854. The summed E-state index contributed by atoms with van der Waals surface area (Å²) in [5.74, 6) is 0. The van der Waals surface area contributed by atoms with Crippen molar-refractivity contribution in [2.24, 2.45) is 0 Å². The van der Waals surface area contributed by atoms with E-state index in [4.69, 9.17) is 0 Å². The Morgan fingerprint density at radius 2 is 1.56 bits per heavy atom. The second-order valence-electron chi connectivity index (χ2n) is 1.56. The minimum absolute atomic E-state index is 0. The van der Waals surface area contributed by atoms with Crippen molar-refractivity contribution in [3.8, 4) is 0 Å². The van der Waals surface area contributed by atoms with E-state index < -0.39 is 0 Å². The van der Waals surface area contributed by atoms with Gasteiger partial charge in [0.1, 0.15) is 0 Å². The first kappa shape index (κ1) is 16.4. The molecule has 54 valence electrons. The Balaban J connectivity index is -0.000000109. The van der Waals surface area contributed by atoms with E-state index in [-0.39, 0.29) is 21.7 Å². The van der Waals surface area contributed by atoms with Gasteiger partial charge in [-0.15, -0.1) is 0 Å². The summed E-state index contributed by atoms with van der Waals surface area (Å²) in [5.41, 5.74) is 0. The predicted molar refractivity (Wildman–Crippen MR) is 40.5 cm³/mol. The minimum atomic E-state index is 0. The molecule has 0 fully saturated rings. The summed E-state index contributed by atoms with van der Waals surface area (Å²) < 4.78 is 0. The average Bonchev–Trinajstić information content (AvgIpc) is 1.88. The SMILES string of the molecule is [CH2-]C.[CH2-]CCCCC.[Ti+2]. The Bertz CT molecular complexity index is 16.5. The second-order valence-corrected chi connectivity index (χ2v) is 1.56.